The molecule has 1 N–H and O–H groups in total. The van der Waals surface area contributed by atoms with E-state index in [9.17, 15) is 9.59 Å². The zero-order chi connectivity index (χ0) is 21.8. The van der Waals surface area contributed by atoms with Crippen LogP contribution in [0.5, 0.6) is 5.75 Å². The molecule has 0 spiro atoms. The Morgan fingerprint density at radius 3 is 2.68 bits per heavy atom. The number of rotatable bonds is 7. The molecule has 0 radical (unpaired) electrons. The minimum atomic E-state index is -0.415. The normalized spacial score (nSPS) is 12.8. The number of aryl methyl sites for hydroxylation is 1. The van der Waals surface area contributed by atoms with Crippen molar-refractivity contribution in [1.82, 2.24) is 0 Å². The number of esters is 1. The van der Waals surface area contributed by atoms with Gasteiger partial charge in [0.25, 0.3) is 5.91 Å². The molecule has 162 valence electrons. The van der Waals surface area contributed by atoms with Crippen molar-refractivity contribution in [2.24, 2.45) is 0 Å². The fraction of sp³-hybridized carbons (Fsp3) is 0.304. The molecule has 0 fully saturated rings. The summed E-state index contributed by atoms with van der Waals surface area (Å²) in [5, 5.41) is 3.99. The minimum absolute atomic E-state index is 0.149. The maximum Gasteiger partial charge on any atom is 0.341 e. The van der Waals surface area contributed by atoms with Gasteiger partial charge >= 0.3 is 5.97 Å². The van der Waals surface area contributed by atoms with E-state index in [1.165, 1.54) is 11.3 Å². The highest BCUT2D eigenvalue weighted by Gasteiger charge is 2.28. The topological polar surface area (TPSA) is 77.8 Å². The third-order valence-corrected chi connectivity index (χ3v) is 6.42. The van der Waals surface area contributed by atoms with Crippen LogP contribution in [0.4, 0.5) is 5.00 Å². The molecule has 0 saturated carbocycles. The average Bonchev–Trinajstić information content (AvgIpc) is 3.38. The summed E-state index contributed by atoms with van der Waals surface area (Å²) in [5.41, 5.74) is 1.48. The van der Waals surface area contributed by atoms with Gasteiger partial charge in [-0.3, -0.25) is 4.79 Å². The lowest BCUT2D eigenvalue weighted by atomic mass is 9.95. The lowest BCUT2D eigenvalue weighted by Crippen LogP contribution is -2.15. The molecule has 4 rings (SSSR count). The van der Waals surface area contributed by atoms with Crippen LogP contribution in [-0.2, 0) is 24.2 Å². The number of nitrogens with one attached hydrogen (secondary N) is 1. The Morgan fingerprint density at radius 1 is 1.13 bits per heavy atom. The van der Waals surface area contributed by atoms with Gasteiger partial charge < -0.3 is 19.2 Å². The standard InChI is InChI=1S/C23H22ClNO5S/c1-2-28-23(27)20-17-5-3-4-6-19(17)31-22(20)25-21(26)18-12-11-16(30-18)13-29-15-9-7-14(24)8-10-15/h7-12H,2-6,13H2,1H3,(H,25,26). The Balaban J connectivity index is 1.46. The Bertz CT molecular complexity index is 1090. The van der Waals surface area contributed by atoms with E-state index in [0.717, 1.165) is 36.1 Å². The highest BCUT2D eigenvalue weighted by molar-refractivity contribution is 7.17. The fourth-order valence-corrected chi connectivity index (χ4v) is 4.90. The number of benzene rings is 1. The van der Waals surface area contributed by atoms with Gasteiger partial charge in [0.15, 0.2) is 5.76 Å². The van der Waals surface area contributed by atoms with Crippen LogP contribution in [0.15, 0.2) is 40.8 Å². The van der Waals surface area contributed by atoms with Crippen LogP contribution in [0.2, 0.25) is 5.02 Å². The van der Waals surface area contributed by atoms with Gasteiger partial charge in [0, 0.05) is 9.90 Å². The molecule has 3 aromatic rings. The largest absolute Gasteiger partial charge is 0.486 e. The fourth-order valence-electron chi connectivity index (χ4n) is 3.50. The SMILES string of the molecule is CCOC(=O)c1c(NC(=O)c2ccc(COc3ccc(Cl)cc3)o2)sc2c1CCCC2. The van der Waals surface area contributed by atoms with Crippen LogP contribution < -0.4 is 10.1 Å². The van der Waals surface area contributed by atoms with E-state index in [2.05, 4.69) is 5.32 Å². The van der Waals surface area contributed by atoms with E-state index in [-0.39, 0.29) is 19.0 Å². The molecule has 1 aliphatic rings. The molecule has 8 heteroatoms. The Hall–Kier alpha value is -2.77. The van der Waals surface area contributed by atoms with Crippen molar-refractivity contribution in [1.29, 1.82) is 0 Å². The lowest BCUT2D eigenvalue weighted by Gasteiger charge is -2.12. The summed E-state index contributed by atoms with van der Waals surface area (Å²) in [6.07, 6.45) is 3.84. The quantitative estimate of drug-likeness (QED) is 0.446. The summed E-state index contributed by atoms with van der Waals surface area (Å²) in [5.74, 6) is 0.498. The van der Waals surface area contributed by atoms with Crippen molar-refractivity contribution in [2.45, 2.75) is 39.2 Å². The van der Waals surface area contributed by atoms with E-state index in [1.807, 2.05) is 0 Å². The third kappa shape index (κ3) is 4.94. The van der Waals surface area contributed by atoms with Gasteiger partial charge in [0.2, 0.25) is 0 Å². The number of amides is 1. The number of fused-ring (bicyclic) bond motifs is 1. The molecular weight excluding hydrogens is 438 g/mol. The van der Waals surface area contributed by atoms with Gasteiger partial charge in [-0.15, -0.1) is 11.3 Å². The molecule has 31 heavy (non-hydrogen) atoms. The highest BCUT2D eigenvalue weighted by atomic mass is 35.5. The molecule has 0 bridgehead atoms. The summed E-state index contributed by atoms with van der Waals surface area (Å²) in [6.45, 7) is 2.23. The van der Waals surface area contributed by atoms with Gasteiger partial charge in [0.1, 0.15) is 23.1 Å². The molecule has 1 aliphatic carbocycles. The second-order valence-corrected chi connectivity index (χ2v) is 8.64. The van der Waals surface area contributed by atoms with Gasteiger partial charge in [-0.05, 0) is 74.6 Å². The third-order valence-electron chi connectivity index (χ3n) is 4.96. The van der Waals surface area contributed by atoms with Crippen molar-refractivity contribution in [3.63, 3.8) is 0 Å². The van der Waals surface area contributed by atoms with Crippen molar-refractivity contribution >= 4 is 39.8 Å². The minimum Gasteiger partial charge on any atom is -0.486 e. The molecule has 2 heterocycles. The molecular formula is C23H22ClNO5S. The number of ether oxygens (including phenoxy) is 2. The predicted octanol–water partition coefficient (Wildman–Crippen LogP) is 5.88. The Labute approximate surface area is 189 Å². The second kappa shape index (κ2) is 9.58. The van der Waals surface area contributed by atoms with E-state index in [4.69, 9.17) is 25.5 Å². The molecule has 0 aliphatic heterocycles. The van der Waals surface area contributed by atoms with E-state index in [0.29, 0.717) is 27.1 Å². The van der Waals surface area contributed by atoms with Gasteiger partial charge in [0.05, 0.1) is 12.2 Å². The summed E-state index contributed by atoms with van der Waals surface area (Å²) >= 11 is 7.31. The predicted molar refractivity (Wildman–Crippen MR) is 119 cm³/mol. The monoisotopic (exact) mass is 459 g/mol. The van der Waals surface area contributed by atoms with Crippen LogP contribution >= 0.6 is 22.9 Å². The number of hydrogen-bond acceptors (Lipinski definition) is 6. The van der Waals surface area contributed by atoms with Crippen molar-refractivity contribution in [3.8, 4) is 5.75 Å². The molecule has 0 saturated heterocycles. The first-order valence-corrected chi connectivity index (χ1v) is 11.3. The smallest absolute Gasteiger partial charge is 0.341 e. The molecule has 1 aromatic carbocycles. The van der Waals surface area contributed by atoms with E-state index >= 15 is 0 Å². The van der Waals surface area contributed by atoms with Crippen LogP contribution in [0, 0.1) is 0 Å². The Morgan fingerprint density at radius 2 is 1.90 bits per heavy atom. The molecule has 1 amide bonds. The van der Waals surface area contributed by atoms with Crippen LogP contribution in [-0.4, -0.2) is 18.5 Å². The number of carbonyl (C=O) groups is 2. The van der Waals surface area contributed by atoms with Crippen molar-refractivity contribution in [2.75, 3.05) is 11.9 Å². The first-order valence-electron chi connectivity index (χ1n) is 10.1. The van der Waals surface area contributed by atoms with Crippen molar-refractivity contribution in [3.05, 3.63) is 68.9 Å². The summed E-state index contributed by atoms with van der Waals surface area (Å²) in [6, 6.07) is 10.3. The molecule has 6 nitrogen and oxygen atoms in total. The van der Waals surface area contributed by atoms with Crippen molar-refractivity contribution < 1.29 is 23.5 Å². The summed E-state index contributed by atoms with van der Waals surface area (Å²) in [7, 11) is 0. The summed E-state index contributed by atoms with van der Waals surface area (Å²) < 4.78 is 16.5. The lowest BCUT2D eigenvalue weighted by molar-refractivity contribution is 0.0526. The highest BCUT2D eigenvalue weighted by Crippen LogP contribution is 2.38. The van der Waals surface area contributed by atoms with Gasteiger partial charge in [-0.25, -0.2) is 4.79 Å². The number of anilines is 1. The number of hydrogen-bond donors (Lipinski definition) is 1. The van der Waals surface area contributed by atoms with E-state index in [1.54, 1.807) is 43.3 Å². The molecule has 0 unspecified atom stereocenters. The first-order chi connectivity index (χ1) is 15.0. The van der Waals surface area contributed by atoms with Gasteiger partial charge in [-0.2, -0.15) is 0 Å². The number of halogens is 1. The number of furan rings is 1. The van der Waals surface area contributed by atoms with Gasteiger partial charge in [-0.1, -0.05) is 11.6 Å². The molecule has 2 aromatic heterocycles. The first kappa shape index (κ1) is 21.5. The zero-order valence-electron chi connectivity index (χ0n) is 17.0. The van der Waals surface area contributed by atoms with Crippen LogP contribution in [0.1, 0.15) is 56.9 Å². The zero-order valence-corrected chi connectivity index (χ0v) is 18.6. The molecule has 0 atom stereocenters. The van der Waals surface area contributed by atoms with Crippen LogP contribution in [0.3, 0.4) is 0 Å². The second-order valence-electron chi connectivity index (χ2n) is 7.10. The number of thiophene rings is 1. The summed E-state index contributed by atoms with van der Waals surface area (Å²) in [4.78, 5) is 26.5. The van der Waals surface area contributed by atoms with Crippen LogP contribution in [0.25, 0.3) is 0 Å². The maximum absolute atomic E-state index is 12.8. The van der Waals surface area contributed by atoms with E-state index < -0.39 is 11.9 Å². The maximum atomic E-state index is 12.8. The Kier molecular flexibility index (Phi) is 6.63. The average molecular weight is 460 g/mol. The number of carbonyl (C=O) groups excluding carboxylic acids is 2.